The van der Waals surface area contributed by atoms with Crippen molar-refractivity contribution in [2.45, 2.75) is 37.8 Å². The lowest BCUT2D eigenvalue weighted by molar-refractivity contribution is 0.0687. The monoisotopic (exact) mass is 228 g/mol. The van der Waals surface area contributed by atoms with Crippen LogP contribution in [0.2, 0.25) is 0 Å². The highest BCUT2D eigenvalue weighted by Crippen LogP contribution is 2.14. The molecule has 2 fully saturated rings. The number of piperidine rings is 1. The predicted octanol–water partition coefficient (Wildman–Crippen LogP) is 0.897. The number of carbonyl (C=O) groups is 1. The average molecular weight is 228 g/mol. The molecule has 0 unspecified atom stereocenters. The van der Waals surface area contributed by atoms with E-state index in [9.17, 15) is 4.79 Å². The molecule has 0 aromatic carbocycles. The molecular formula is C11H20N2O3. The average Bonchev–Trinajstić information content (AvgIpc) is 2.30. The van der Waals surface area contributed by atoms with Gasteiger partial charge < -0.3 is 20.1 Å². The Balaban J connectivity index is 1.78. The van der Waals surface area contributed by atoms with Gasteiger partial charge in [-0.1, -0.05) is 0 Å². The van der Waals surface area contributed by atoms with E-state index in [1.54, 1.807) is 0 Å². The first-order valence-corrected chi connectivity index (χ1v) is 6.07. The second-order valence-corrected chi connectivity index (χ2v) is 4.62. The van der Waals surface area contributed by atoms with Crippen LogP contribution in [0.5, 0.6) is 0 Å². The second-order valence-electron chi connectivity index (χ2n) is 4.62. The molecule has 2 N–H and O–H groups in total. The maximum absolute atomic E-state index is 10.9. The van der Waals surface area contributed by atoms with Crippen molar-refractivity contribution in [2.24, 2.45) is 0 Å². The molecule has 0 aliphatic carbocycles. The fourth-order valence-corrected chi connectivity index (χ4v) is 2.48. The molecule has 5 heteroatoms. The molecule has 0 spiro atoms. The van der Waals surface area contributed by atoms with Gasteiger partial charge in [-0.25, -0.2) is 4.79 Å². The molecule has 5 nitrogen and oxygen atoms in total. The van der Waals surface area contributed by atoms with Gasteiger partial charge in [0.05, 0.1) is 0 Å². The Labute approximate surface area is 95.8 Å². The van der Waals surface area contributed by atoms with Crippen LogP contribution < -0.4 is 5.32 Å². The third kappa shape index (κ3) is 3.09. The number of likely N-dealkylation sites (tertiary alicyclic amines) is 1. The smallest absolute Gasteiger partial charge is 0.407 e. The molecule has 0 aromatic rings. The van der Waals surface area contributed by atoms with Crippen LogP contribution in [0.3, 0.4) is 0 Å². The minimum absolute atomic E-state index is 0.327. The summed E-state index contributed by atoms with van der Waals surface area (Å²) in [4.78, 5) is 12.4. The van der Waals surface area contributed by atoms with Crippen LogP contribution >= 0.6 is 0 Å². The molecule has 2 rings (SSSR count). The minimum atomic E-state index is -0.793. The molecule has 2 saturated heterocycles. The molecular weight excluding hydrogens is 208 g/mol. The molecule has 92 valence electrons. The van der Waals surface area contributed by atoms with Gasteiger partial charge in [-0.3, -0.25) is 0 Å². The molecule has 2 heterocycles. The largest absolute Gasteiger partial charge is 0.465 e. The van der Waals surface area contributed by atoms with Crippen molar-refractivity contribution in [1.82, 2.24) is 10.2 Å². The molecule has 0 aromatic heterocycles. The van der Waals surface area contributed by atoms with E-state index in [0.717, 1.165) is 38.9 Å². The molecule has 0 bridgehead atoms. The van der Waals surface area contributed by atoms with E-state index >= 15 is 0 Å². The summed E-state index contributed by atoms with van der Waals surface area (Å²) in [6.45, 7) is 2.97. The van der Waals surface area contributed by atoms with Crippen molar-refractivity contribution >= 4 is 6.09 Å². The number of hydrogen-bond acceptors (Lipinski definition) is 3. The van der Waals surface area contributed by atoms with Crippen LogP contribution in [0.25, 0.3) is 0 Å². The van der Waals surface area contributed by atoms with E-state index in [2.05, 4.69) is 5.32 Å². The number of carboxylic acid groups (broad SMARTS) is 1. The van der Waals surface area contributed by atoms with E-state index in [-0.39, 0.29) is 0 Å². The van der Waals surface area contributed by atoms with Crippen LogP contribution in [-0.2, 0) is 4.74 Å². The van der Waals surface area contributed by atoms with Gasteiger partial charge in [0.25, 0.3) is 0 Å². The Morgan fingerprint density at radius 2 is 2.00 bits per heavy atom. The lowest BCUT2D eigenvalue weighted by atomic mass is 10.0. The summed E-state index contributed by atoms with van der Waals surface area (Å²) in [6.07, 6.45) is 3.35. The van der Waals surface area contributed by atoms with E-state index < -0.39 is 6.09 Å². The number of nitrogens with one attached hydrogen (secondary N) is 1. The Bertz CT molecular complexity index is 241. The lowest BCUT2D eigenvalue weighted by Crippen LogP contribution is -2.51. The summed E-state index contributed by atoms with van der Waals surface area (Å²) < 4.78 is 5.30. The van der Waals surface area contributed by atoms with E-state index in [4.69, 9.17) is 9.84 Å². The van der Waals surface area contributed by atoms with Crippen molar-refractivity contribution in [1.29, 1.82) is 0 Å². The van der Waals surface area contributed by atoms with Gasteiger partial charge >= 0.3 is 6.09 Å². The summed E-state index contributed by atoms with van der Waals surface area (Å²) in [5.41, 5.74) is 0. The first kappa shape index (κ1) is 11.7. The Morgan fingerprint density at radius 3 is 2.69 bits per heavy atom. The SMILES string of the molecule is O=C(O)N1CCC[C@H](NC2CCOCC2)C1. The first-order chi connectivity index (χ1) is 7.75. The maximum atomic E-state index is 10.9. The first-order valence-electron chi connectivity index (χ1n) is 6.07. The maximum Gasteiger partial charge on any atom is 0.407 e. The minimum Gasteiger partial charge on any atom is -0.465 e. The number of nitrogens with zero attached hydrogens (tertiary/aromatic N) is 1. The van der Waals surface area contributed by atoms with Crippen molar-refractivity contribution < 1.29 is 14.6 Å². The van der Waals surface area contributed by atoms with Gasteiger partial charge in [0, 0.05) is 38.4 Å². The highest BCUT2D eigenvalue weighted by atomic mass is 16.5. The Kier molecular flexibility index (Phi) is 4.01. The van der Waals surface area contributed by atoms with Gasteiger partial charge in [-0.15, -0.1) is 0 Å². The number of hydrogen-bond donors (Lipinski definition) is 2. The Morgan fingerprint density at radius 1 is 1.25 bits per heavy atom. The third-order valence-corrected chi connectivity index (χ3v) is 3.38. The van der Waals surface area contributed by atoms with E-state index in [1.165, 1.54) is 4.90 Å². The zero-order chi connectivity index (χ0) is 11.4. The summed E-state index contributed by atoms with van der Waals surface area (Å²) in [5, 5.41) is 12.5. The van der Waals surface area contributed by atoms with Gasteiger partial charge in [0.2, 0.25) is 0 Å². The van der Waals surface area contributed by atoms with E-state index in [0.29, 0.717) is 25.2 Å². The molecule has 0 radical (unpaired) electrons. The predicted molar refractivity (Wildman–Crippen MR) is 59.6 cm³/mol. The van der Waals surface area contributed by atoms with Gasteiger partial charge in [-0.2, -0.15) is 0 Å². The highest BCUT2D eigenvalue weighted by Gasteiger charge is 2.25. The Hall–Kier alpha value is -0.810. The fraction of sp³-hybridized carbons (Fsp3) is 0.909. The van der Waals surface area contributed by atoms with Crippen LogP contribution in [0, 0.1) is 0 Å². The summed E-state index contributed by atoms with van der Waals surface area (Å²) >= 11 is 0. The summed E-state index contributed by atoms with van der Waals surface area (Å²) in [7, 11) is 0. The summed E-state index contributed by atoms with van der Waals surface area (Å²) in [5.74, 6) is 0. The van der Waals surface area contributed by atoms with Crippen LogP contribution in [0.1, 0.15) is 25.7 Å². The zero-order valence-corrected chi connectivity index (χ0v) is 9.52. The topological polar surface area (TPSA) is 61.8 Å². The van der Waals surface area contributed by atoms with Crippen molar-refractivity contribution in [3.05, 3.63) is 0 Å². The molecule has 16 heavy (non-hydrogen) atoms. The molecule has 1 atom stereocenters. The molecule has 1 amide bonds. The standard InChI is InChI=1S/C11H20N2O3/c14-11(15)13-5-1-2-10(8-13)12-9-3-6-16-7-4-9/h9-10,12H,1-8H2,(H,14,15)/t10-/m0/s1. The zero-order valence-electron chi connectivity index (χ0n) is 9.52. The highest BCUT2D eigenvalue weighted by molar-refractivity contribution is 5.65. The number of rotatable bonds is 2. The molecule has 0 saturated carbocycles. The van der Waals surface area contributed by atoms with Crippen LogP contribution in [-0.4, -0.2) is 54.5 Å². The van der Waals surface area contributed by atoms with Crippen LogP contribution in [0.15, 0.2) is 0 Å². The van der Waals surface area contributed by atoms with E-state index in [1.807, 2.05) is 0 Å². The van der Waals surface area contributed by atoms with Crippen LogP contribution in [0.4, 0.5) is 4.79 Å². The van der Waals surface area contributed by atoms with Crippen molar-refractivity contribution in [2.75, 3.05) is 26.3 Å². The lowest BCUT2D eigenvalue weighted by Gasteiger charge is -2.35. The van der Waals surface area contributed by atoms with Crippen molar-refractivity contribution in [3.8, 4) is 0 Å². The summed E-state index contributed by atoms with van der Waals surface area (Å²) in [6, 6.07) is 0.834. The molecule has 2 aliphatic heterocycles. The number of amides is 1. The fourth-order valence-electron chi connectivity index (χ4n) is 2.48. The molecule has 2 aliphatic rings. The van der Waals surface area contributed by atoms with Crippen molar-refractivity contribution in [3.63, 3.8) is 0 Å². The van der Waals surface area contributed by atoms with Gasteiger partial charge in [0.1, 0.15) is 0 Å². The number of ether oxygens (including phenoxy) is 1. The normalized spacial score (nSPS) is 28.0. The third-order valence-electron chi connectivity index (χ3n) is 3.38. The second kappa shape index (κ2) is 5.50. The van der Waals surface area contributed by atoms with Gasteiger partial charge in [0.15, 0.2) is 0 Å². The quantitative estimate of drug-likeness (QED) is 0.737. The van der Waals surface area contributed by atoms with Gasteiger partial charge in [-0.05, 0) is 25.7 Å².